The van der Waals surface area contributed by atoms with Crippen LogP contribution in [-0.2, 0) is 20.0 Å². The van der Waals surface area contributed by atoms with E-state index in [9.17, 15) is 4.39 Å². The van der Waals surface area contributed by atoms with Gasteiger partial charge in [0.05, 0.1) is 6.20 Å². The van der Waals surface area contributed by atoms with Gasteiger partial charge in [-0.1, -0.05) is 0 Å². The molecule has 0 aliphatic carbocycles. The van der Waals surface area contributed by atoms with Crippen molar-refractivity contribution in [2.24, 2.45) is 18.0 Å². The van der Waals surface area contributed by atoms with Gasteiger partial charge in [0, 0.05) is 43.8 Å². The van der Waals surface area contributed by atoms with Crippen molar-refractivity contribution < 1.29 is 8.81 Å². The van der Waals surface area contributed by atoms with Gasteiger partial charge in [-0.25, -0.2) is 9.38 Å². The summed E-state index contributed by atoms with van der Waals surface area (Å²) in [7, 11) is 1.95. The summed E-state index contributed by atoms with van der Waals surface area (Å²) in [6, 6.07) is 4.63. The van der Waals surface area contributed by atoms with E-state index >= 15 is 0 Å². The number of halogens is 2. The van der Waals surface area contributed by atoms with Crippen molar-refractivity contribution in [3.05, 3.63) is 53.3 Å². The standard InChI is InChI=1S/C22H28FN5O.HI/c1-4-24-22(28-8-7-16(14-28)9-17-11-26-27(3)13-17)25-12-21-15(2)19-10-18(23)5-6-20(19)29-21;/h5-6,10-11,13,16H,4,7-9,12,14H2,1-3H3,(H,24,25);1H. The van der Waals surface area contributed by atoms with Crippen LogP contribution in [0.2, 0.25) is 0 Å². The highest BCUT2D eigenvalue weighted by Gasteiger charge is 2.25. The van der Waals surface area contributed by atoms with E-state index in [1.165, 1.54) is 17.7 Å². The van der Waals surface area contributed by atoms with Gasteiger partial charge in [0.2, 0.25) is 0 Å². The summed E-state index contributed by atoms with van der Waals surface area (Å²) < 4.78 is 21.3. The zero-order valence-corrected chi connectivity index (χ0v) is 20.0. The molecule has 0 radical (unpaired) electrons. The number of nitrogens with one attached hydrogen (secondary N) is 1. The molecule has 30 heavy (non-hydrogen) atoms. The number of nitrogens with zero attached hydrogens (tertiary/aromatic N) is 4. The minimum atomic E-state index is -0.249. The predicted molar refractivity (Wildman–Crippen MR) is 128 cm³/mol. The Morgan fingerprint density at radius 2 is 2.23 bits per heavy atom. The lowest BCUT2D eigenvalue weighted by Gasteiger charge is -2.21. The van der Waals surface area contributed by atoms with Gasteiger partial charge >= 0.3 is 0 Å². The van der Waals surface area contributed by atoms with Crippen LogP contribution in [0.1, 0.15) is 30.2 Å². The van der Waals surface area contributed by atoms with E-state index in [1.54, 1.807) is 6.07 Å². The van der Waals surface area contributed by atoms with Crippen LogP contribution in [0.5, 0.6) is 0 Å². The van der Waals surface area contributed by atoms with Crippen LogP contribution in [-0.4, -0.2) is 40.3 Å². The van der Waals surface area contributed by atoms with Gasteiger partial charge in [-0.15, -0.1) is 24.0 Å². The number of aromatic nitrogens is 2. The van der Waals surface area contributed by atoms with Gasteiger partial charge in [-0.2, -0.15) is 5.10 Å². The zero-order valence-electron chi connectivity index (χ0n) is 17.7. The third-order valence-electron chi connectivity index (χ3n) is 5.57. The molecule has 6 nitrogen and oxygen atoms in total. The molecular weight excluding hydrogens is 496 g/mol. The molecule has 3 heterocycles. The smallest absolute Gasteiger partial charge is 0.194 e. The van der Waals surface area contributed by atoms with Crippen molar-refractivity contribution >= 4 is 40.9 Å². The second-order valence-electron chi connectivity index (χ2n) is 7.79. The number of hydrogen-bond acceptors (Lipinski definition) is 3. The summed E-state index contributed by atoms with van der Waals surface area (Å²) in [4.78, 5) is 7.14. The van der Waals surface area contributed by atoms with E-state index in [0.29, 0.717) is 18.0 Å². The molecule has 8 heteroatoms. The molecule has 1 aliphatic heterocycles. The average molecular weight is 525 g/mol. The molecule has 4 rings (SSSR count). The maximum absolute atomic E-state index is 13.5. The highest BCUT2D eigenvalue weighted by atomic mass is 127. The topological polar surface area (TPSA) is 58.6 Å². The molecule has 0 saturated carbocycles. The van der Waals surface area contributed by atoms with Gasteiger partial charge in [0.15, 0.2) is 5.96 Å². The number of rotatable bonds is 5. The first kappa shape index (κ1) is 22.6. The summed E-state index contributed by atoms with van der Waals surface area (Å²) in [6.07, 6.45) is 6.23. The van der Waals surface area contributed by atoms with E-state index in [4.69, 9.17) is 9.41 Å². The van der Waals surface area contributed by atoms with Crippen molar-refractivity contribution in [1.82, 2.24) is 20.0 Å². The number of hydrogen-bond donors (Lipinski definition) is 1. The van der Waals surface area contributed by atoms with Crippen molar-refractivity contribution in [2.75, 3.05) is 19.6 Å². The minimum Gasteiger partial charge on any atom is -0.459 e. The third-order valence-corrected chi connectivity index (χ3v) is 5.57. The first-order chi connectivity index (χ1) is 14.0. The number of likely N-dealkylation sites (tertiary alicyclic amines) is 1. The van der Waals surface area contributed by atoms with Crippen LogP contribution in [0.15, 0.2) is 40.0 Å². The van der Waals surface area contributed by atoms with Gasteiger partial charge in [-0.05, 0) is 56.4 Å². The number of fused-ring (bicyclic) bond motifs is 1. The Morgan fingerprint density at radius 1 is 1.40 bits per heavy atom. The quantitative estimate of drug-likeness (QED) is 0.307. The van der Waals surface area contributed by atoms with Gasteiger partial charge in [-0.3, -0.25) is 4.68 Å². The molecular formula is C22H29FIN5O. The van der Waals surface area contributed by atoms with E-state index in [2.05, 4.69) is 28.4 Å². The molecule has 3 aromatic rings. The van der Waals surface area contributed by atoms with Crippen LogP contribution >= 0.6 is 24.0 Å². The first-order valence-corrected chi connectivity index (χ1v) is 10.2. The van der Waals surface area contributed by atoms with Crippen molar-refractivity contribution in [2.45, 2.75) is 33.2 Å². The van der Waals surface area contributed by atoms with Crippen LogP contribution in [0.4, 0.5) is 4.39 Å². The Bertz CT molecular complexity index is 1030. The molecule has 0 bridgehead atoms. The number of guanidine groups is 1. The first-order valence-electron chi connectivity index (χ1n) is 10.2. The Morgan fingerprint density at radius 3 is 2.97 bits per heavy atom. The molecule has 1 N–H and O–H groups in total. The van der Waals surface area contributed by atoms with Crippen molar-refractivity contribution in [3.63, 3.8) is 0 Å². The van der Waals surface area contributed by atoms with Crippen molar-refractivity contribution in [3.8, 4) is 0 Å². The number of furan rings is 1. The molecule has 1 fully saturated rings. The van der Waals surface area contributed by atoms with Crippen LogP contribution < -0.4 is 5.32 Å². The highest BCUT2D eigenvalue weighted by molar-refractivity contribution is 14.0. The fraction of sp³-hybridized carbons (Fsp3) is 0.455. The SMILES string of the molecule is CCNC(=NCc1oc2ccc(F)cc2c1C)N1CCC(Cc2cnn(C)c2)C1.I. The number of aliphatic imine (C=N–C) groups is 1. The second-order valence-corrected chi connectivity index (χ2v) is 7.79. The largest absolute Gasteiger partial charge is 0.459 e. The Hall–Kier alpha value is -2.10. The fourth-order valence-electron chi connectivity index (χ4n) is 4.07. The maximum Gasteiger partial charge on any atom is 0.194 e. The summed E-state index contributed by atoms with van der Waals surface area (Å²) in [5, 5.41) is 8.49. The number of benzene rings is 1. The van der Waals surface area contributed by atoms with E-state index < -0.39 is 0 Å². The van der Waals surface area contributed by atoms with Gasteiger partial charge in [0.25, 0.3) is 0 Å². The molecule has 1 atom stereocenters. The van der Waals surface area contributed by atoms with Crippen LogP contribution in [0.3, 0.4) is 0 Å². The number of aryl methyl sites for hydroxylation is 2. The summed E-state index contributed by atoms with van der Waals surface area (Å²) >= 11 is 0. The van der Waals surface area contributed by atoms with Crippen molar-refractivity contribution in [1.29, 1.82) is 0 Å². The van der Waals surface area contributed by atoms with E-state index in [1.807, 2.05) is 24.9 Å². The normalized spacial score (nSPS) is 16.9. The Kier molecular flexibility index (Phi) is 7.38. The monoisotopic (exact) mass is 525 g/mol. The van der Waals surface area contributed by atoms with Crippen LogP contribution in [0.25, 0.3) is 11.0 Å². The molecule has 0 spiro atoms. The summed E-state index contributed by atoms with van der Waals surface area (Å²) in [5.74, 6) is 2.04. The predicted octanol–water partition coefficient (Wildman–Crippen LogP) is 4.26. The maximum atomic E-state index is 13.5. The minimum absolute atomic E-state index is 0. The molecule has 2 aromatic heterocycles. The fourth-order valence-corrected chi connectivity index (χ4v) is 4.07. The Labute approximate surface area is 193 Å². The molecule has 0 amide bonds. The third kappa shape index (κ3) is 4.96. The van der Waals surface area contributed by atoms with Gasteiger partial charge in [0.1, 0.15) is 23.7 Å². The Balaban J connectivity index is 0.00000256. The molecule has 1 unspecified atom stereocenters. The molecule has 1 saturated heterocycles. The molecule has 1 aliphatic rings. The summed E-state index contributed by atoms with van der Waals surface area (Å²) in [6.45, 7) is 7.25. The lowest BCUT2D eigenvalue weighted by Crippen LogP contribution is -2.40. The molecule has 1 aromatic carbocycles. The lowest BCUT2D eigenvalue weighted by molar-refractivity contribution is 0.457. The lowest BCUT2D eigenvalue weighted by atomic mass is 10.0. The average Bonchev–Trinajstić information content (AvgIpc) is 3.40. The van der Waals surface area contributed by atoms with Crippen LogP contribution in [0, 0.1) is 18.7 Å². The highest BCUT2D eigenvalue weighted by Crippen LogP contribution is 2.27. The van der Waals surface area contributed by atoms with E-state index in [0.717, 1.165) is 55.1 Å². The summed E-state index contributed by atoms with van der Waals surface area (Å²) in [5.41, 5.74) is 2.94. The van der Waals surface area contributed by atoms with Gasteiger partial charge < -0.3 is 14.6 Å². The second kappa shape index (κ2) is 9.80. The van der Waals surface area contributed by atoms with E-state index in [-0.39, 0.29) is 29.8 Å². The molecule has 162 valence electrons. The zero-order chi connectivity index (χ0) is 20.4.